The van der Waals surface area contributed by atoms with Crippen molar-refractivity contribution < 1.29 is 9.59 Å². The maximum absolute atomic E-state index is 12.1. The number of nitrogens with two attached hydrogens (primary N) is 1. The average molecular weight is 327 g/mol. The largest absolute Gasteiger partial charge is 0.369 e. The van der Waals surface area contributed by atoms with Crippen molar-refractivity contribution in [3.05, 3.63) is 36.5 Å². The molecule has 0 radical (unpaired) electrons. The Labute approximate surface area is 140 Å². The van der Waals surface area contributed by atoms with Gasteiger partial charge < -0.3 is 16.4 Å². The van der Waals surface area contributed by atoms with Crippen LogP contribution in [-0.4, -0.2) is 47.5 Å². The molecule has 7 heteroatoms. The third kappa shape index (κ3) is 4.20. The number of aromatic nitrogens is 1. The summed E-state index contributed by atoms with van der Waals surface area (Å²) in [5.74, 6) is -0.317. The molecule has 1 aromatic heterocycles. The number of rotatable bonds is 4. The molecule has 7 nitrogen and oxygen atoms in total. The number of hydrogen-bond donors (Lipinski definition) is 3. The van der Waals surface area contributed by atoms with E-state index in [-0.39, 0.29) is 24.5 Å². The lowest BCUT2D eigenvalue weighted by Crippen LogP contribution is -2.47. The van der Waals surface area contributed by atoms with Crippen LogP contribution >= 0.6 is 0 Å². The molecule has 2 heterocycles. The number of likely N-dealkylation sites (tertiary alicyclic amines) is 1. The molecule has 1 saturated heterocycles. The van der Waals surface area contributed by atoms with Crippen LogP contribution in [0.5, 0.6) is 0 Å². The van der Waals surface area contributed by atoms with Gasteiger partial charge in [0.2, 0.25) is 5.91 Å². The molecule has 0 spiro atoms. The zero-order valence-corrected chi connectivity index (χ0v) is 13.4. The van der Waals surface area contributed by atoms with E-state index in [0.717, 1.165) is 36.8 Å². The molecule has 1 fully saturated rings. The first-order chi connectivity index (χ1) is 11.6. The number of para-hydroxylation sites is 1. The van der Waals surface area contributed by atoms with Gasteiger partial charge in [0.25, 0.3) is 0 Å². The van der Waals surface area contributed by atoms with Crippen LogP contribution in [0.3, 0.4) is 0 Å². The van der Waals surface area contributed by atoms with Crippen LogP contribution in [0.4, 0.5) is 10.5 Å². The second-order valence-corrected chi connectivity index (χ2v) is 6.03. The lowest BCUT2D eigenvalue weighted by Gasteiger charge is -2.31. The first kappa shape index (κ1) is 16.2. The zero-order chi connectivity index (χ0) is 16.9. The highest BCUT2D eigenvalue weighted by Gasteiger charge is 2.21. The van der Waals surface area contributed by atoms with Crippen molar-refractivity contribution in [1.29, 1.82) is 0 Å². The summed E-state index contributed by atoms with van der Waals surface area (Å²) in [5.41, 5.74) is 6.76. The second-order valence-electron chi connectivity index (χ2n) is 6.03. The number of hydrogen-bond acceptors (Lipinski definition) is 4. The fourth-order valence-corrected chi connectivity index (χ4v) is 2.95. The number of nitrogens with one attached hydrogen (secondary N) is 2. The SMILES string of the molecule is NC(=O)CN1CCC(NC(=O)Nc2cnc3ccccc3c2)CC1. The predicted octanol–water partition coefficient (Wildman–Crippen LogP) is 1.31. The number of primary amides is 1. The third-order valence-electron chi connectivity index (χ3n) is 4.15. The van der Waals surface area contributed by atoms with Crippen molar-refractivity contribution in [2.24, 2.45) is 5.73 Å². The van der Waals surface area contributed by atoms with E-state index in [1.54, 1.807) is 6.20 Å². The summed E-state index contributed by atoms with van der Waals surface area (Å²) in [6.07, 6.45) is 3.25. The molecule has 2 aromatic rings. The molecule has 126 valence electrons. The van der Waals surface area contributed by atoms with Crippen molar-refractivity contribution >= 4 is 28.5 Å². The third-order valence-corrected chi connectivity index (χ3v) is 4.15. The number of pyridine rings is 1. The van der Waals surface area contributed by atoms with Crippen LogP contribution < -0.4 is 16.4 Å². The molecule has 0 bridgehead atoms. The number of anilines is 1. The standard InChI is InChI=1S/C17H21N5O2/c18-16(23)11-22-7-5-13(6-8-22)20-17(24)21-14-9-12-3-1-2-4-15(12)19-10-14/h1-4,9-10,13H,5-8,11H2,(H2,18,23)(H2,20,21,24). The normalized spacial score (nSPS) is 16.0. The zero-order valence-electron chi connectivity index (χ0n) is 13.4. The molecule has 0 unspecified atom stereocenters. The van der Waals surface area contributed by atoms with Gasteiger partial charge in [0.1, 0.15) is 0 Å². The van der Waals surface area contributed by atoms with Crippen molar-refractivity contribution in [3.63, 3.8) is 0 Å². The lowest BCUT2D eigenvalue weighted by atomic mass is 10.1. The minimum absolute atomic E-state index is 0.0996. The molecule has 1 aliphatic heterocycles. The van der Waals surface area contributed by atoms with E-state index < -0.39 is 0 Å². The van der Waals surface area contributed by atoms with Gasteiger partial charge in [-0.3, -0.25) is 14.7 Å². The number of carbonyl (C=O) groups is 2. The molecule has 0 aliphatic carbocycles. The van der Waals surface area contributed by atoms with Gasteiger partial charge in [-0.05, 0) is 25.0 Å². The fourth-order valence-electron chi connectivity index (χ4n) is 2.95. The number of urea groups is 1. The fraction of sp³-hybridized carbons (Fsp3) is 0.353. The van der Waals surface area contributed by atoms with Gasteiger partial charge in [-0.2, -0.15) is 0 Å². The minimum Gasteiger partial charge on any atom is -0.369 e. The Kier molecular flexibility index (Phi) is 4.90. The average Bonchev–Trinajstić information content (AvgIpc) is 2.56. The number of benzene rings is 1. The Bertz CT molecular complexity index is 741. The van der Waals surface area contributed by atoms with Crippen LogP contribution in [0, 0.1) is 0 Å². The predicted molar refractivity (Wildman–Crippen MR) is 92.6 cm³/mol. The van der Waals surface area contributed by atoms with Crippen molar-refractivity contribution in [3.8, 4) is 0 Å². The van der Waals surface area contributed by atoms with E-state index in [1.807, 2.05) is 35.2 Å². The molecular weight excluding hydrogens is 306 g/mol. The molecule has 1 aliphatic rings. The van der Waals surface area contributed by atoms with Crippen LogP contribution in [0.15, 0.2) is 36.5 Å². The van der Waals surface area contributed by atoms with Gasteiger partial charge in [-0.15, -0.1) is 0 Å². The van der Waals surface area contributed by atoms with Crippen LogP contribution in [-0.2, 0) is 4.79 Å². The van der Waals surface area contributed by atoms with E-state index in [0.29, 0.717) is 5.69 Å². The molecule has 0 saturated carbocycles. The van der Waals surface area contributed by atoms with Crippen molar-refractivity contribution in [2.75, 3.05) is 25.0 Å². The first-order valence-corrected chi connectivity index (χ1v) is 8.03. The molecule has 1 aromatic carbocycles. The van der Waals surface area contributed by atoms with E-state index in [4.69, 9.17) is 5.73 Å². The first-order valence-electron chi connectivity index (χ1n) is 8.03. The smallest absolute Gasteiger partial charge is 0.319 e. The van der Waals surface area contributed by atoms with Crippen LogP contribution in [0.2, 0.25) is 0 Å². The monoisotopic (exact) mass is 327 g/mol. The highest BCUT2D eigenvalue weighted by Crippen LogP contribution is 2.16. The van der Waals surface area contributed by atoms with Gasteiger partial charge in [-0.1, -0.05) is 18.2 Å². The Morgan fingerprint density at radius 1 is 1.25 bits per heavy atom. The quantitative estimate of drug-likeness (QED) is 0.788. The van der Waals surface area contributed by atoms with Gasteiger partial charge in [0.15, 0.2) is 0 Å². The summed E-state index contributed by atoms with van der Waals surface area (Å²) < 4.78 is 0. The van der Waals surface area contributed by atoms with Gasteiger partial charge in [0, 0.05) is 24.5 Å². The number of fused-ring (bicyclic) bond motifs is 1. The van der Waals surface area contributed by atoms with E-state index in [9.17, 15) is 9.59 Å². The summed E-state index contributed by atoms with van der Waals surface area (Å²) in [4.78, 5) is 29.4. The molecule has 24 heavy (non-hydrogen) atoms. The summed E-state index contributed by atoms with van der Waals surface area (Å²) in [6, 6.07) is 9.52. The number of nitrogens with zero attached hydrogens (tertiary/aromatic N) is 2. The highest BCUT2D eigenvalue weighted by atomic mass is 16.2. The Morgan fingerprint density at radius 3 is 2.75 bits per heavy atom. The number of carbonyl (C=O) groups excluding carboxylic acids is 2. The topological polar surface area (TPSA) is 100 Å². The van der Waals surface area contributed by atoms with E-state index in [1.165, 1.54) is 0 Å². The minimum atomic E-state index is -0.317. The summed E-state index contributed by atoms with van der Waals surface area (Å²) in [7, 11) is 0. The second kappa shape index (κ2) is 7.27. The molecule has 0 atom stereocenters. The molecule has 3 rings (SSSR count). The molecule has 4 N–H and O–H groups in total. The van der Waals surface area contributed by atoms with E-state index >= 15 is 0 Å². The summed E-state index contributed by atoms with van der Waals surface area (Å²) in [5, 5.41) is 6.77. The molecule has 3 amide bonds. The summed E-state index contributed by atoms with van der Waals surface area (Å²) >= 11 is 0. The van der Waals surface area contributed by atoms with Crippen molar-refractivity contribution in [2.45, 2.75) is 18.9 Å². The number of amides is 3. The Morgan fingerprint density at radius 2 is 2.00 bits per heavy atom. The lowest BCUT2D eigenvalue weighted by molar-refractivity contribution is -0.119. The van der Waals surface area contributed by atoms with E-state index in [2.05, 4.69) is 15.6 Å². The van der Waals surface area contributed by atoms with Gasteiger partial charge in [-0.25, -0.2) is 4.79 Å². The maximum Gasteiger partial charge on any atom is 0.319 e. The Hall–Kier alpha value is -2.67. The van der Waals surface area contributed by atoms with Crippen LogP contribution in [0.25, 0.3) is 10.9 Å². The van der Waals surface area contributed by atoms with Gasteiger partial charge >= 0.3 is 6.03 Å². The highest BCUT2D eigenvalue weighted by molar-refractivity contribution is 5.92. The Balaban J connectivity index is 1.51. The molecular formula is C17H21N5O2. The summed E-state index contributed by atoms with van der Waals surface area (Å²) in [6.45, 7) is 1.79. The number of piperidine rings is 1. The van der Waals surface area contributed by atoms with Crippen LogP contribution in [0.1, 0.15) is 12.8 Å². The van der Waals surface area contributed by atoms with Crippen molar-refractivity contribution in [1.82, 2.24) is 15.2 Å². The van der Waals surface area contributed by atoms with Gasteiger partial charge in [0.05, 0.1) is 23.9 Å². The maximum atomic E-state index is 12.1.